The third-order valence-corrected chi connectivity index (χ3v) is 5.88. The lowest BCUT2D eigenvalue weighted by molar-refractivity contribution is -0.161. The van der Waals surface area contributed by atoms with E-state index in [2.05, 4.69) is 11.1 Å². The number of carbonyl (C=O) groups excluding carboxylic acids is 1. The molecule has 4 nitrogen and oxygen atoms in total. The molecule has 0 aliphatic carbocycles. The van der Waals surface area contributed by atoms with Crippen LogP contribution in [0.3, 0.4) is 0 Å². The molecule has 0 unspecified atom stereocenters. The molecule has 1 aliphatic rings. The Morgan fingerprint density at radius 2 is 2.32 bits per heavy atom. The average Bonchev–Trinajstić information content (AvgIpc) is 3.18. The maximum absolute atomic E-state index is 12.6. The zero-order valence-corrected chi connectivity index (χ0v) is 14.5. The first-order chi connectivity index (χ1) is 10.6. The summed E-state index contributed by atoms with van der Waals surface area (Å²) in [7, 11) is 1.83. The SMILES string of the molecule is CN(Cc1csc(-c2cccs2)n1)C(=O)[C@@]1(C)CCCCO1. The van der Waals surface area contributed by atoms with Crippen molar-refractivity contribution < 1.29 is 9.53 Å². The minimum atomic E-state index is -0.667. The molecule has 2 aromatic rings. The fourth-order valence-corrected chi connectivity index (χ4v) is 4.34. The number of hydrogen-bond donors (Lipinski definition) is 0. The van der Waals surface area contributed by atoms with E-state index >= 15 is 0 Å². The summed E-state index contributed by atoms with van der Waals surface area (Å²) in [6.45, 7) is 3.11. The molecule has 0 bridgehead atoms. The van der Waals surface area contributed by atoms with Gasteiger partial charge in [-0.25, -0.2) is 4.98 Å². The van der Waals surface area contributed by atoms with Crippen LogP contribution in [-0.2, 0) is 16.1 Å². The molecule has 0 aromatic carbocycles. The standard InChI is InChI=1S/C16H20N2O2S2/c1-16(7-3-4-8-20-16)15(19)18(2)10-12-11-22-14(17-12)13-6-5-9-21-13/h5-6,9,11H,3-4,7-8,10H2,1-2H3/t16-/m1/s1. The second-order valence-corrected chi connectivity index (χ2v) is 7.62. The van der Waals surface area contributed by atoms with Crippen LogP contribution < -0.4 is 0 Å². The first kappa shape index (κ1) is 15.6. The van der Waals surface area contributed by atoms with Gasteiger partial charge in [-0.2, -0.15) is 0 Å². The smallest absolute Gasteiger partial charge is 0.254 e. The summed E-state index contributed by atoms with van der Waals surface area (Å²) in [6.07, 6.45) is 2.89. The normalized spacial score (nSPS) is 21.7. The van der Waals surface area contributed by atoms with Gasteiger partial charge in [0.05, 0.1) is 17.1 Å². The van der Waals surface area contributed by atoms with E-state index in [1.165, 1.54) is 4.88 Å². The lowest BCUT2D eigenvalue weighted by Gasteiger charge is -2.35. The predicted molar refractivity (Wildman–Crippen MR) is 90.1 cm³/mol. The fraction of sp³-hybridized carbons (Fsp3) is 0.500. The third-order valence-electron chi connectivity index (χ3n) is 3.95. The second-order valence-electron chi connectivity index (χ2n) is 5.82. The molecule has 118 valence electrons. The topological polar surface area (TPSA) is 42.4 Å². The van der Waals surface area contributed by atoms with Crippen molar-refractivity contribution in [3.05, 3.63) is 28.6 Å². The van der Waals surface area contributed by atoms with Crippen molar-refractivity contribution in [3.63, 3.8) is 0 Å². The summed E-state index contributed by atoms with van der Waals surface area (Å²) < 4.78 is 5.74. The fourth-order valence-electron chi connectivity index (χ4n) is 2.71. The Hall–Kier alpha value is -1.24. The van der Waals surface area contributed by atoms with Crippen LogP contribution in [0.2, 0.25) is 0 Å². The molecule has 0 saturated carbocycles. The summed E-state index contributed by atoms with van der Waals surface area (Å²) in [5.41, 5.74) is 0.267. The van der Waals surface area contributed by atoms with Gasteiger partial charge in [0.1, 0.15) is 10.6 Å². The Labute approximate surface area is 138 Å². The lowest BCUT2D eigenvalue weighted by atomic mass is 9.94. The molecule has 3 rings (SSSR count). The minimum Gasteiger partial charge on any atom is -0.365 e. The van der Waals surface area contributed by atoms with E-state index in [1.807, 2.05) is 30.8 Å². The van der Waals surface area contributed by atoms with Crippen LogP contribution in [0.5, 0.6) is 0 Å². The molecule has 1 aliphatic heterocycles. The molecular formula is C16H20N2O2S2. The summed E-state index contributed by atoms with van der Waals surface area (Å²) in [5.74, 6) is 0.0536. The number of likely N-dealkylation sites (N-methyl/N-ethyl adjacent to an activating group) is 1. The third kappa shape index (κ3) is 3.24. The van der Waals surface area contributed by atoms with Crippen molar-refractivity contribution in [3.8, 4) is 9.88 Å². The van der Waals surface area contributed by atoms with Gasteiger partial charge in [-0.3, -0.25) is 4.79 Å². The summed E-state index contributed by atoms with van der Waals surface area (Å²) in [6, 6.07) is 4.09. The van der Waals surface area contributed by atoms with E-state index < -0.39 is 5.60 Å². The number of thiazole rings is 1. The summed E-state index contributed by atoms with van der Waals surface area (Å²) >= 11 is 3.31. The highest BCUT2D eigenvalue weighted by Gasteiger charge is 2.38. The average molecular weight is 336 g/mol. The van der Waals surface area contributed by atoms with Gasteiger partial charge in [0.25, 0.3) is 5.91 Å². The number of hydrogen-bond acceptors (Lipinski definition) is 5. The molecule has 2 aromatic heterocycles. The van der Waals surface area contributed by atoms with Gasteiger partial charge >= 0.3 is 0 Å². The Morgan fingerprint density at radius 1 is 1.45 bits per heavy atom. The Bertz CT molecular complexity index is 630. The van der Waals surface area contributed by atoms with Gasteiger partial charge < -0.3 is 9.64 Å². The van der Waals surface area contributed by atoms with E-state index in [4.69, 9.17) is 4.74 Å². The number of aromatic nitrogens is 1. The van der Waals surface area contributed by atoms with Gasteiger partial charge in [0, 0.05) is 19.0 Å². The molecule has 1 amide bonds. The van der Waals surface area contributed by atoms with E-state index in [0.29, 0.717) is 13.2 Å². The van der Waals surface area contributed by atoms with Crippen molar-refractivity contribution in [2.45, 2.75) is 38.3 Å². The Kier molecular flexibility index (Phi) is 4.61. The van der Waals surface area contributed by atoms with Crippen molar-refractivity contribution in [1.82, 2.24) is 9.88 Å². The Balaban J connectivity index is 1.66. The molecular weight excluding hydrogens is 316 g/mol. The maximum atomic E-state index is 12.6. The highest BCUT2D eigenvalue weighted by atomic mass is 32.1. The van der Waals surface area contributed by atoms with Crippen molar-refractivity contribution in [1.29, 1.82) is 0 Å². The van der Waals surface area contributed by atoms with Crippen molar-refractivity contribution in [2.75, 3.05) is 13.7 Å². The largest absolute Gasteiger partial charge is 0.365 e. The maximum Gasteiger partial charge on any atom is 0.254 e. The van der Waals surface area contributed by atoms with E-state index in [0.717, 1.165) is 30.0 Å². The van der Waals surface area contributed by atoms with Gasteiger partial charge in [-0.05, 0) is 37.6 Å². The van der Waals surface area contributed by atoms with Crippen LogP contribution in [0, 0.1) is 0 Å². The molecule has 1 saturated heterocycles. The molecule has 1 atom stereocenters. The van der Waals surface area contributed by atoms with Gasteiger partial charge in [0.15, 0.2) is 0 Å². The first-order valence-corrected chi connectivity index (χ1v) is 9.22. The van der Waals surface area contributed by atoms with Crippen LogP contribution in [0.1, 0.15) is 31.9 Å². The number of ether oxygens (including phenoxy) is 1. The highest BCUT2D eigenvalue weighted by molar-refractivity contribution is 7.20. The number of amides is 1. The molecule has 0 spiro atoms. The second kappa shape index (κ2) is 6.48. The number of nitrogens with zero attached hydrogens (tertiary/aromatic N) is 2. The number of carbonyl (C=O) groups is 1. The van der Waals surface area contributed by atoms with E-state index in [9.17, 15) is 4.79 Å². The molecule has 22 heavy (non-hydrogen) atoms. The van der Waals surface area contributed by atoms with Crippen molar-refractivity contribution in [2.24, 2.45) is 0 Å². The van der Waals surface area contributed by atoms with E-state index in [1.54, 1.807) is 27.6 Å². The minimum absolute atomic E-state index is 0.0536. The van der Waals surface area contributed by atoms with Crippen LogP contribution >= 0.6 is 22.7 Å². The lowest BCUT2D eigenvalue weighted by Crippen LogP contribution is -2.48. The number of rotatable bonds is 4. The molecule has 6 heteroatoms. The van der Waals surface area contributed by atoms with E-state index in [-0.39, 0.29) is 5.91 Å². The van der Waals surface area contributed by atoms with Gasteiger partial charge in [-0.15, -0.1) is 22.7 Å². The summed E-state index contributed by atoms with van der Waals surface area (Å²) in [4.78, 5) is 20.2. The monoisotopic (exact) mass is 336 g/mol. The molecule has 3 heterocycles. The molecule has 1 fully saturated rings. The first-order valence-electron chi connectivity index (χ1n) is 7.46. The van der Waals surface area contributed by atoms with Crippen LogP contribution in [0.15, 0.2) is 22.9 Å². The van der Waals surface area contributed by atoms with Crippen LogP contribution in [0.25, 0.3) is 9.88 Å². The van der Waals surface area contributed by atoms with Gasteiger partial charge in [-0.1, -0.05) is 6.07 Å². The highest BCUT2D eigenvalue weighted by Crippen LogP contribution is 2.29. The van der Waals surface area contributed by atoms with Crippen molar-refractivity contribution >= 4 is 28.6 Å². The summed E-state index contributed by atoms with van der Waals surface area (Å²) in [5, 5.41) is 5.10. The number of thiophene rings is 1. The predicted octanol–water partition coefficient (Wildman–Crippen LogP) is 3.79. The zero-order chi connectivity index (χ0) is 15.6. The Morgan fingerprint density at radius 3 is 3.00 bits per heavy atom. The molecule has 0 radical (unpaired) electrons. The molecule has 0 N–H and O–H groups in total. The quantitative estimate of drug-likeness (QED) is 0.853. The zero-order valence-electron chi connectivity index (χ0n) is 12.9. The van der Waals surface area contributed by atoms with Crippen LogP contribution in [0.4, 0.5) is 0 Å². The van der Waals surface area contributed by atoms with Crippen LogP contribution in [-0.4, -0.2) is 35.0 Å². The van der Waals surface area contributed by atoms with Gasteiger partial charge in [0.2, 0.25) is 0 Å².